The van der Waals surface area contributed by atoms with E-state index in [4.69, 9.17) is 0 Å². The van der Waals surface area contributed by atoms with E-state index in [0.717, 1.165) is 39.0 Å². The average molecular weight is 555 g/mol. The molecule has 2 N–H and O–H groups in total. The molecule has 1 saturated heterocycles. The van der Waals surface area contributed by atoms with Crippen molar-refractivity contribution in [2.45, 2.75) is 37.9 Å². The molecule has 4 aromatic rings. The van der Waals surface area contributed by atoms with Crippen LogP contribution in [0.4, 0.5) is 4.79 Å². The number of piperidine rings is 1. The van der Waals surface area contributed by atoms with E-state index in [1.54, 1.807) is 16.2 Å². The molecule has 1 fully saturated rings. The van der Waals surface area contributed by atoms with Gasteiger partial charge in [0.05, 0.1) is 11.0 Å². The molecule has 7 heteroatoms. The summed E-state index contributed by atoms with van der Waals surface area (Å²) >= 11 is 1.65. The molecule has 0 spiro atoms. The lowest BCUT2D eigenvalue weighted by Gasteiger charge is -2.51. The van der Waals surface area contributed by atoms with Crippen LogP contribution in [0, 0.1) is 5.92 Å². The van der Waals surface area contributed by atoms with Crippen molar-refractivity contribution in [1.82, 2.24) is 20.1 Å². The molecule has 1 aromatic heterocycles. The normalized spacial score (nSPS) is 19.0. The summed E-state index contributed by atoms with van der Waals surface area (Å²) in [6, 6.07) is 31.3. The number of thiazole rings is 1. The van der Waals surface area contributed by atoms with Crippen LogP contribution in [0.5, 0.6) is 0 Å². The second-order valence-electron chi connectivity index (χ2n) is 10.7. The van der Waals surface area contributed by atoms with Crippen LogP contribution in [0.2, 0.25) is 0 Å². The van der Waals surface area contributed by atoms with Gasteiger partial charge in [-0.2, -0.15) is 0 Å². The number of nitrogens with one attached hydrogen (secondary N) is 1. The first-order valence-corrected chi connectivity index (χ1v) is 14.9. The third-order valence-electron chi connectivity index (χ3n) is 8.08. The highest BCUT2D eigenvalue weighted by Crippen LogP contribution is 2.38. The Morgan fingerprint density at radius 3 is 2.05 bits per heavy atom. The Morgan fingerprint density at radius 1 is 0.900 bits per heavy atom. The smallest absolute Gasteiger partial charge is 0.407 e. The summed E-state index contributed by atoms with van der Waals surface area (Å²) in [6.07, 6.45) is 3.37. The lowest BCUT2D eigenvalue weighted by atomic mass is 9.71. The Hall–Kier alpha value is -3.52. The number of carbonyl (C=O) groups is 1. The summed E-state index contributed by atoms with van der Waals surface area (Å²) in [7, 11) is 0. The van der Waals surface area contributed by atoms with Gasteiger partial charge in [-0.1, -0.05) is 91.0 Å². The number of hydrogen-bond donors (Lipinski definition) is 2. The van der Waals surface area contributed by atoms with E-state index < -0.39 is 11.6 Å². The van der Waals surface area contributed by atoms with Crippen LogP contribution in [0.25, 0.3) is 0 Å². The molecule has 40 heavy (non-hydrogen) atoms. The van der Waals surface area contributed by atoms with Crippen molar-refractivity contribution < 1.29 is 9.90 Å². The minimum Gasteiger partial charge on any atom is -0.465 e. The first-order valence-electron chi connectivity index (χ1n) is 14.1. The summed E-state index contributed by atoms with van der Waals surface area (Å²) in [5.41, 5.74) is 4.97. The molecule has 6 nitrogen and oxygen atoms in total. The zero-order valence-corrected chi connectivity index (χ0v) is 23.7. The summed E-state index contributed by atoms with van der Waals surface area (Å²) < 4.78 is 0. The van der Waals surface area contributed by atoms with Gasteiger partial charge in [-0.15, -0.1) is 11.3 Å². The number of carboxylic acid groups (broad SMARTS) is 1. The molecule has 0 saturated carbocycles. The Morgan fingerprint density at radius 2 is 1.50 bits per heavy atom. The zero-order chi connectivity index (χ0) is 27.6. The molecule has 1 amide bonds. The predicted molar refractivity (Wildman–Crippen MR) is 161 cm³/mol. The molecule has 0 bridgehead atoms. The van der Waals surface area contributed by atoms with Gasteiger partial charge in [-0.3, -0.25) is 9.88 Å². The number of rotatable bonds is 12. The highest BCUT2D eigenvalue weighted by atomic mass is 32.1. The van der Waals surface area contributed by atoms with Crippen LogP contribution >= 0.6 is 11.3 Å². The fraction of sp³-hybridized carbons (Fsp3) is 0.333. The first-order chi connectivity index (χ1) is 19.6. The monoisotopic (exact) mass is 554 g/mol. The zero-order valence-electron chi connectivity index (χ0n) is 22.9. The molecule has 0 aliphatic carbocycles. The van der Waals surface area contributed by atoms with Crippen molar-refractivity contribution in [2.24, 2.45) is 5.92 Å². The number of aromatic nitrogens is 1. The number of amides is 1. The predicted octanol–water partition coefficient (Wildman–Crippen LogP) is 5.96. The van der Waals surface area contributed by atoms with Crippen molar-refractivity contribution in [2.75, 3.05) is 26.2 Å². The van der Waals surface area contributed by atoms with Crippen molar-refractivity contribution in [1.29, 1.82) is 0 Å². The van der Waals surface area contributed by atoms with Crippen molar-refractivity contribution in [3.8, 4) is 0 Å². The summed E-state index contributed by atoms with van der Waals surface area (Å²) in [6.45, 7) is 4.20. The number of benzene rings is 3. The molecule has 3 aromatic carbocycles. The quantitative estimate of drug-likeness (QED) is 0.226. The summed E-state index contributed by atoms with van der Waals surface area (Å²) in [4.78, 5) is 22.8. The minimum absolute atomic E-state index is 0.134. The number of nitrogens with zero attached hydrogens (tertiary/aromatic N) is 3. The largest absolute Gasteiger partial charge is 0.465 e. The highest BCUT2D eigenvalue weighted by Gasteiger charge is 2.47. The van der Waals surface area contributed by atoms with Gasteiger partial charge < -0.3 is 15.3 Å². The Bertz CT molecular complexity index is 1260. The second-order valence-corrected chi connectivity index (χ2v) is 11.7. The topological polar surface area (TPSA) is 68.7 Å². The fourth-order valence-corrected chi connectivity index (χ4v) is 6.78. The van der Waals surface area contributed by atoms with E-state index in [2.05, 4.69) is 88.0 Å². The standard InChI is InChI=1S/C33H38N4O2S/c38-32(39)37(19-18-36(24-28-12-6-2-7-13-28)25-29-14-8-3-9-15-29)33(21-27-10-4-1-5-11-27)16-17-34-22-30(33)20-31-23-35-26-40-31/h1-15,23,26,30,34H,16-22,24-25H2,(H,38,39). The summed E-state index contributed by atoms with van der Waals surface area (Å²) in [5, 5.41) is 14.3. The lowest BCUT2D eigenvalue weighted by molar-refractivity contribution is 0.00873. The highest BCUT2D eigenvalue weighted by molar-refractivity contribution is 7.09. The van der Waals surface area contributed by atoms with Gasteiger partial charge in [0.25, 0.3) is 0 Å². The summed E-state index contributed by atoms with van der Waals surface area (Å²) in [5.74, 6) is 0.134. The third kappa shape index (κ3) is 7.16. The molecule has 0 radical (unpaired) electrons. The van der Waals surface area contributed by atoms with Crippen LogP contribution in [0.15, 0.2) is 103 Å². The van der Waals surface area contributed by atoms with E-state index in [-0.39, 0.29) is 5.92 Å². The Kier molecular flexibility index (Phi) is 9.60. The third-order valence-corrected chi connectivity index (χ3v) is 8.88. The van der Waals surface area contributed by atoms with Crippen molar-refractivity contribution >= 4 is 17.4 Å². The van der Waals surface area contributed by atoms with E-state index in [9.17, 15) is 9.90 Å². The Balaban J connectivity index is 1.44. The molecule has 208 valence electrons. The van der Waals surface area contributed by atoms with Gasteiger partial charge in [0, 0.05) is 49.7 Å². The first kappa shape index (κ1) is 28.0. The maximum absolute atomic E-state index is 13.1. The molecular weight excluding hydrogens is 516 g/mol. The lowest BCUT2D eigenvalue weighted by Crippen LogP contribution is -2.64. The number of hydrogen-bond acceptors (Lipinski definition) is 5. The van der Waals surface area contributed by atoms with E-state index >= 15 is 0 Å². The van der Waals surface area contributed by atoms with Gasteiger partial charge in [0.15, 0.2) is 0 Å². The molecule has 1 aliphatic heterocycles. The Labute approximate surface area is 241 Å². The maximum Gasteiger partial charge on any atom is 0.407 e. The van der Waals surface area contributed by atoms with Crippen LogP contribution < -0.4 is 5.32 Å². The van der Waals surface area contributed by atoms with Gasteiger partial charge in [0.1, 0.15) is 0 Å². The fourth-order valence-electron chi connectivity index (χ4n) is 6.10. The second kappa shape index (κ2) is 13.7. The van der Waals surface area contributed by atoms with Gasteiger partial charge in [-0.25, -0.2) is 4.79 Å². The SMILES string of the molecule is O=C(O)N(CCN(Cc1ccccc1)Cc1ccccc1)C1(Cc2ccccc2)CCNCC1Cc1cncs1. The van der Waals surface area contributed by atoms with Crippen LogP contribution in [-0.2, 0) is 25.9 Å². The van der Waals surface area contributed by atoms with Crippen molar-refractivity contribution in [3.05, 3.63) is 124 Å². The molecule has 5 rings (SSSR count). The van der Waals surface area contributed by atoms with Crippen molar-refractivity contribution in [3.63, 3.8) is 0 Å². The van der Waals surface area contributed by atoms with E-state index in [0.29, 0.717) is 19.5 Å². The minimum atomic E-state index is -0.841. The van der Waals surface area contributed by atoms with E-state index in [1.165, 1.54) is 21.6 Å². The molecule has 2 unspecified atom stereocenters. The van der Waals surface area contributed by atoms with Gasteiger partial charge in [0.2, 0.25) is 0 Å². The van der Waals surface area contributed by atoms with Crippen LogP contribution in [0.1, 0.15) is 28.0 Å². The molecular formula is C33H38N4O2S. The van der Waals surface area contributed by atoms with Gasteiger partial charge >= 0.3 is 6.09 Å². The maximum atomic E-state index is 13.1. The van der Waals surface area contributed by atoms with Gasteiger partial charge in [-0.05, 0) is 42.5 Å². The average Bonchev–Trinajstić information content (AvgIpc) is 3.49. The van der Waals surface area contributed by atoms with Crippen LogP contribution in [-0.4, -0.2) is 57.7 Å². The molecule has 2 heterocycles. The van der Waals surface area contributed by atoms with Crippen LogP contribution in [0.3, 0.4) is 0 Å². The van der Waals surface area contributed by atoms with E-state index in [1.807, 2.05) is 29.9 Å². The molecule has 2 atom stereocenters. The molecule has 1 aliphatic rings.